The minimum Gasteiger partial charge on any atom is -0.388 e. The van der Waals surface area contributed by atoms with Gasteiger partial charge in [-0.05, 0) is 24.6 Å². The summed E-state index contributed by atoms with van der Waals surface area (Å²) >= 11 is 6.12. The van der Waals surface area contributed by atoms with Gasteiger partial charge in [-0.15, -0.1) is 0 Å². The third-order valence-corrected chi connectivity index (χ3v) is 3.39. The molecule has 1 unspecified atom stereocenters. The third-order valence-electron chi connectivity index (χ3n) is 2.90. The monoisotopic (exact) mass is 268 g/mol. The second-order valence-corrected chi connectivity index (χ2v) is 4.62. The number of benzene rings is 1. The highest BCUT2D eigenvalue weighted by Crippen LogP contribution is 2.25. The van der Waals surface area contributed by atoms with E-state index >= 15 is 0 Å². The van der Waals surface area contributed by atoms with Crippen LogP contribution in [0.25, 0.3) is 0 Å². The Morgan fingerprint density at radius 3 is 2.50 bits per heavy atom. The molecule has 0 aliphatic carbocycles. The first kappa shape index (κ1) is 13.1. The molecule has 2 aromatic rings. The maximum absolute atomic E-state index is 12.8. The van der Waals surface area contributed by atoms with Crippen LogP contribution in [0.4, 0.5) is 4.39 Å². The molecule has 0 saturated carbocycles. The molecular weight excluding hydrogens is 255 g/mol. The summed E-state index contributed by atoms with van der Waals surface area (Å²) in [5, 5.41) is 14.9. The van der Waals surface area contributed by atoms with Gasteiger partial charge in [0.1, 0.15) is 5.82 Å². The molecule has 1 aromatic carbocycles. The molecule has 0 fully saturated rings. The summed E-state index contributed by atoms with van der Waals surface area (Å²) in [5.74, 6) is -0.319. The van der Waals surface area contributed by atoms with E-state index in [0.29, 0.717) is 17.0 Å². The molecule has 1 aromatic heterocycles. The average Bonchev–Trinajstić information content (AvgIpc) is 2.57. The van der Waals surface area contributed by atoms with Crippen LogP contribution in [-0.4, -0.2) is 14.9 Å². The van der Waals surface area contributed by atoms with Crippen LogP contribution in [0.2, 0.25) is 5.02 Å². The second-order valence-electron chi connectivity index (χ2n) is 4.24. The molecule has 0 radical (unpaired) electrons. The topological polar surface area (TPSA) is 38.0 Å². The second kappa shape index (κ2) is 5.08. The number of aliphatic hydroxyl groups excluding tert-OH is 1. The highest BCUT2D eigenvalue weighted by molar-refractivity contribution is 6.31. The molecule has 1 heterocycles. The summed E-state index contributed by atoms with van der Waals surface area (Å²) in [6.07, 6.45) is -0.375. The van der Waals surface area contributed by atoms with Crippen LogP contribution < -0.4 is 0 Å². The van der Waals surface area contributed by atoms with Gasteiger partial charge >= 0.3 is 0 Å². The zero-order valence-electron chi connectivity index (χ0n) is 10.2. The standard InChI is InChI=1S/C13H14ClFN2O/c1-8-13(14)11(17(2)16-8)7-12(18)9-3-5-10(15)6-4-9/h3-6,12,18H,7H2,1-2H3. The zero-order valence-corrected chi connectivity index (χ0v) is 10.9. The highest BCUT2D eigenvalue weighted by Gasteiger charge is 2.16. The molecule has 0 aliphatic rings. The lowest BCUT2D eigenvalue weighted by molar-refractivity contribution is 0.175. The fourth-order valence-electron chi connectivity index (χ4n) is 1.89. The Morgan fingerprint density at radius 1 is 1.39 bits per heavy atom. The smallest absolute Gasteiger partial charge is 0.123 e. The first-order chi connectivity index (χ1) is 8.49. The van der Waals surface area contributed by atoms with E-state index in [4.69, 9.17) is 11.6 Å². The lowest BCUT2D eigenvalue weighted by Gasteiger charge is -2.11. The summed E-state index contributed by atoms with van der Waals surface area (Å²) in [6, 6.07) is 5.79. The van der Waals surface area contributed by atoms with Crippen LogP contribution in [0.15, 0.2) is 24.3 Å². The molecule has 0 bridgehead atoms. The van der Waals surface area contributed by atoms with Crippen molar-refractivity contribution in [3.63, 3.8) is 0 Å². The van der Waals surface area contributed by atoms with Crippen molar-refractivity contribution in [3.05, 3.63) is 52.1 Å². The molecule has 1 N–H and O–H groups in total. The molecule has 0 saturated heterocycles. The molecular formula is C13H14ClFN2O. The molecule has 2 rings (SSSR count). The Bertz CT molecular complexity index is 551. The molecule has 0 spiro atoms. The molecule has 0 aliphatic heterocycles. The van der Waals surface area contributed by atoms with Gasteiger partial charge in [0.15, 0.2) is 0 Å². The van der Waals surface area contributed by atoms with Crippen LogP contribution in [0.3, 0.4) is 0 Å². The number of aliphatic hydroxyl groups is 1. The maximum Gasteiger partial charge on any atom is 0.123 e. The number of rotatable bonds is 3. The van der Waals surface area contributed by atoms with Crippen LogP contribution in [0, 0.1) is 12.7 Å². The van der Waals surface area contributed by atoms with Crippen molar-refractivity contribution >= 4 is 11.6 Å². The van der Waals surface area contributed by atoms with Crippen molar-refractivity contribution in [2.24, 2.45) is 7.05 Å². The fourth-order valence-corrected chi connectivity index (χ4v) is 2.13. The Balaban J connectivity index is 2.21. The van der Waals surface area contributed by atoms with E-state index in [9.17, 15) is 9.50 Å². The van der Waals surface area contributed by atoms with Crippen LogP contribution in [0.5, 0.6) is 0 Å². The summed E-state index contributed by atoms with van der Waals surface area (Å²) in [4.78, 5) is 0. The van der Waals surface area contributed by atoms with E-state index in [0.717, 1.165) is 11.4 Å². The number of aryl methyl sites for hydroxylation is 2. The number of aromatic nitrogens is 2. The number of hydrogen-bond acceptors (Lipinski definition) is 2. The Kier molecular flexibility index (Phi) is 3.68. The fraction of sp³-hybridized carbons (Fsp3) is 0.308. The van der Waals surface area contributed by atoms with Gasteiger partial charge in [-0.25, -0.2) is 4.39 Å². The molecule has 96 valence electrons. The normalized spacial score (nSPS) is 12.7. The Labute approximate surface area is 110 Å². The highest BCUT2D eigenvalue weighted by atomic mass is 35.5. The summed E-state index contributed by atoms with van der Waals surface area (Å²) in [7, 11) is 1.78. The molecule has 3 nitrogen and oxygen atoms in total. The lowest BCUT2D eigenvalue weighted by atomic mass is 10.0. The lowest BCUT2D eigenvalue weighted by Crippen LogP contribution is -2.07. The largest absolute Gasteiger partial charge is 0.388 e. The van der Waals surface area contributed by atoms with Crippen LogP contribution in [0.1, 0.15) is 23.1 Å². The summed E-state index contributed by atoms with van der Waals surface area (Å²) in [6.45, 7) is 1.82. The minimum atomic E-state index is -0.724. The van der Waals surface area contributed by atoms with Gasteiger partial charge in [0.2, 0.25) is 0 Å². The Hall–Kier alpha value is -1.39. The van der Waals surface area contributed by atoms with Gasteiger partial charge in [-0.3, -0.25) is 4.68 Å². The van der Waals surface area contributed by atoms with E-state index in [2.05, 4.69) is 5.10 Å². The number of halogens is 2. The van der Waals surface area contributed by atoms with Crippen molar-refractivity contribution in [1.82, 2.24) is 9.78 Å². The first-order valence-electron chi connectivity index (χ1n) is 5.60. The predicted octanol–water partition coefficient (Wildman–Crippen LogP) is 2.80. The molecule has 0 amide bonds. The van der Waals surface area contributed by atoms with Crippen molar-refractivity contribution in [2.45, 2.75) is 19.4 Å². The number of nitrogens with zero attached hydrogens (tertiary/aromatic N) is 2. The SMILES string of the molecule is Cc1nn(C)c(CC(O)c2ccc(F)cc2)c1Cl. The van der Waals surface area contributed by atoms with Gasteiger partial charge in [-0.2, -0.15) is 5.10 Å². The maximum atomic E-state index is 12.8. The quantitative estimate of drug-likeness (QED) is 0.930. The Morgan fingerprint density at radius 2 is 2.00 bits per heavy atom. The summed E-state index contributed by atoms with van der Waals surface area (Å²) in [5.41, 5.74) is 2.16. The van der Waals surface area contributed by atoms with Gasteiger partial charge in [-0.1, -0.05) is 23.7 Å². The van der Waals surface area contributed by atoms with Crippen molar-refractivity contribution < 1.29 is 9.50 Å². The van der Waals surface area contributed by atoms with Crippen LogP contribution >= 0.6 is 11.6 Å². The zero-order chi connectivity index (χ0) is 13.3. The van der Waals surface area contributed by atoms with E-state index in [1.165, 1.54) is 12.1 Å². The van der Waals surface area contributed by atoms with E-state index in [1.54, 1.807) is 23.9 Å². The predicted molar refractivity (Wildman–Crippen MR) is 68.0 cm³/mol. The van der Waals surface area contributed by atoms with E-state index in [-0.39, 0.29) is 5.82 Å². The minimum absolute atomic E-state index is 0.319. The first-order valence-corrected chi connectivity index (χ1v) is 5.98. The third kappa shape index (κ3) is 2.54. The van der Waals surface area contributed by atoms with Crippen molar-refractivity contribution in [2.75, 3.05) is 0 Å². The summed E-state index contributed by atoms with van der Waals surface area (Å²) < 4.78 is 14.4. The molecule has 1 atom stereocenters. The van der Waals surface area contributed by atoms with Crippen LogP contribution in [-0.2, 0) is 13.5 Å². The van der Waals surface area contributed by atoms with Crippen molar-refractivity contribution in [3.8, 4) is 0 Å². The van der Waals surface area contributed by atoms with Crippen molar-refractivity contribution in [1.29, 1.82) is 0 Å². The van der Waals surface area contributed by atoms with E-state index < -0.39 is 6.10 Å². The van der Waals surface area contributed by atoms with Gasteiger partial charge in [0, 0.05) is 13.5 Å². The van der Waals surface area contributed by atoms with Gasteiger partial charge in [0.25, 0.3) is 0 Å². The van der Waals surface area contributed by atoms with E-state index in [1.807, 2.05) is 6.92 Å². The molecule has 18 heavy (non-hydrogen) atoms. The number of hydrogen-bond donors (Lipinski definition) is 1. The van der Waals surface area contributed by atoms with Gasteiger partial charge < -0.3 is 5.11 Å². The average molecular weight is 269 g/mol. The van der Waals surface area contributed by atoms with Gasteiger partial charge in [0.05, 0.1) is 22.5 Å². The molecule has 5 heteroatoms.